The molecular weight excluding hydrogens is 143 g/mol. The first-order valence-corrected chi connectivity index (χ1v) is 2.37. The van der Waals surface area contributed by atoms with E-state index in [2.05, 4.69) is 5.32 Å². The Balaban J connectivity index is -0.000000320. The van der Waals surface area contributed by atoms with Crippen molar-refractivity contribution in [3.8, 4) is 6.07 Å². The largest absolute Gasteiger partial charge is 1.00 e. The number of carbonyl (C=O) groups excluding carboxylic acids is 2. The van der Waals surface area contributed by atoms with Gasteiger partial charge in [-0.15, -0.1) is 0 Å². The van der Waals surface area contributed by atoms with Crippen molar-refractivity contribution >= 4 is 12.7 Å². The van der Waals surface area contributed by atoms with E-state index in [1.165, 1.54) is 0 Å². The maximum absolute atomic E-state index is 9.86. The number of hydrogen-bond donors (Lipinski definition) is 1. The Bertz CT molecular complexity index is 148. The van der Waals surface area contributed by atoms with Crippen molar-refractivity contribution in [3.05, 3.63) is 0 Å². The monoisotopic (exact) mass is 150 g/mol. The van der Waals surface area contributed by atoms with E-state index in [1.807, 2.05) is 0 Å². The molecule has 0 aromatic heterocycles. The predicted octanol–water partition coefficient (Wildman–Crippen LogP) is -3.81. The minimum atomic E-state index is -0.713. The standard InChI is InChI=1S/C5H6N2O2.Na.H/c6-1-5(3-8)2-7-4-9;;/h3-5H,2H2,(H,7,9);;/q;+1;-1. The summed E-state index contributed by atoms with van der Waals surface area (Å²) in [5, 5.41) is 10.3. The Hall–Kier alpha value is -0.370. The summed E-state index contributed by atoms with van der Waals surface area (Å²) in [5.41, 5.74) is 0. The van der Waals surface area contributed by atoms with Gasteiger partial charge in [0.1, 0.15) is 12.2 Å². The minimum Gasteiger partial charge on any atom is -1.00 e. The maximum atomic E-state index is 9.86. The summed E-state index contributed by atoms with van der Waals surface area (Å²) in [5.74, 6) is -0.713. The summed E-state index contributed by atoms with van der Waals surface area (Å²) < 4.78 is 0. The summed E-state index contributed by atoms with van der Waals surface area (Å²) in [7, 11) is 0. The van der Waals surface area contributed by atoms with Crippen molar-refractivity contribution < 1.29 is 40.6 Å². The third-order valence-electron chi connectivity index (χ3n) is 0.751. The van der Waals surface area contributed by atoms with Crippen LogP contribution < -0.4 is 34.9 Å². The molecule has 50 valence electrons. The molecule has 0 saturated heterocycles. The Morgan fingerprint density at radius 2 is 2.30 bits per heavy atom. The fourth-order valence-electron chi connectivity index (χ4n) is 0.299. The van der Waals surface area contributed by atoms with Gasteiger partial charge in [-0.3, -0.25) is 4.79 Å². The van der Waals surface area contributed by atoms with Gasteiger partial charge in [0, 0.05) is 6.54 Å². The van der Waals surface area contributed by atoms with Gasteiger partial charge in [-0.1, -0.05) is 0 Å². The van der Waals surface area contributed by atoms with Crippen molar-refractivity contribution in [2.24, 2.45) is 5.92 Å². The molecule has 0 fully saturated rings. The summed E-state index contributed by atoms with van der Waals surface area (Å²) >= 11 is 0. The molecule has 0 aliphatic rings. The SMILES string of the molecule is N#CC(C=O)CNC=O.[H-].[Na+]. The van der Waals surface area contributed by atoms with Gasteiger partial charge in [-0.2, -0.15) is 5.26 Å². The first kappa shape index (κ1) is 12.3. The average molecular weight is 150 g/mol. The van der Waals surface area contributed by atoms with E-state index in [9.17, 15) is 9.59 Å². The van der Waals surface area contributed by atoms with Gasteiger partial charge < -0.3 is 11.5 Å². The molecule has 0 heterocycles. The smallest absolute Gasteiger partial charge is 1.00 e. The van der Waals surface area contributed by atoms with Crippen molar-refractivity contribution in [1.29, 1.82) is 5.26 Å². The first-order chi connectivity index (χ1) is 4.35. The van der Waals surface area contributed by atoms with Crippen LogP contribution in [-0.4, -0.2) is 19.2 Å². The molecule has 0 radical (unpaired) electrons. The van der Waals surface area contributed by atoms with E-state index in [0.717, 1.165) is 0 Å². The second-order valence-electron chi connectivity index (χ2n) is 1.40. The van der Waals surface area contributed by atoms with Crippen molar-refractivity contribution in [3.63, 3.8) is 0 Å². The Labute approximate surface area is 82.4 Å². The van der Waals surface area contributed by atoms with E-state index in [-0.39, 0.29) is 37.5 Å². The zero-order valence-electron chi connectivity index (χ0n) is 6.70. The zero-order chi connectivity index (χ0) is 7.11. The van der Waals surface area contributed by atoms with E-state index >= 15 is 0 Å². The van der Waals surface area contributed by atoms with Crippen LogP contribution in [0, 0.1) is 17.2 Å². The van der Waals surface area contributed by atoms with Gasteiger partial charge >= 0.3 is 29.6 Å². The van der Waals surface area contributed by atoms with Gasteiger partial charge in [-0.05, 0) is 0 Å². The van der Waals surface area contributed by atoms with Crippen LogP contribution in [0.4, 0.5) is 0 Å². The molecule has 0 aliphatic heterocycles. The summed E-state index contributed by atoms with van der Waals surface area (Å²) in [6.45, 7) is 0.101. The van der Waals surface area contributed by atoms with Crippen LogP contribution in [-0.2, 0) is 9.59 Å². The topological polar surface area (TPSA) is 70.0 Å². The maximum Gasteiger partial charge on any atom is 1.00 e. The van der Waals surface area contributed by atoms with Crippen LogP contribution in [0.15, 0.2) is 0 Å². The van der Waals surface area contributed by atoms with Crippen LogP contribution in [0.2, 0.25) is 0 Å². The van der Waals surface area contributed by atoms with Gasteiger partial charge in [0.15, 0.2) is 0 Å². The van der Waals surface area contributed by atoms with Gasteiger partial charge in [-0.25, -0.2) is 0 Å². The number of nitrogens with one attached hydrogen (secondary N) is 1. The third kappa shape index (κ3) is 5.76. The van der Waals surface area contributed by atoms with Crippen molar-refractivity contribution in [2.75, 3.05) is 6.54 Å². The molecule has 0 bridgehead atoms. The predicted molar refractivity (Wildman–Crippen MR) is 30.3 cm³/mol. The molecule has 0 aliphatic carbocycles. The number of aldehydes is 1. The number of rotatable bonds is 4. The Morgan fingerprint density at radius 3 is 2.60 bits per heavy atom. The second kappa shape index (κ2) is 8.63. The molecule has 1 atom stereocenters. The van der Waals surface area contributed by atoms with Crippen molar-refractivity contribution in [1.82, 2.24) is 5.32 Å². The molecule has 10 heavy (non-hydrogen) atoms. The number of hydrogen-bond acceptors (Lipinski definition) is 3. The summed E-state index contributed by atoms with van der Waals surface area (Å²) in [6.07, 6.45) is 0.949. The molecule has 0 spiro atoms. The number of nitriles is 1. The van der Waals surface area contributed by atoms with Gasteiger partial charge in [0.25, 0.3) is 0 Å². The minimum absolute atomic E-state index is 0. The molecular formula is C5H7N2NaO2. The second-order valence-corrected chi connectivity index (χ2v) is 1.40. The van der Waals surface area contributed by atoms with Crippen LogP contribution in [0.1, 0.15) is 1.43 Å². The number of amides is 1. The molecule has 5 heteroatoms. The molecule has 1 unspecified atom stereocenters. The van der Waals surface area contributed by atoms with Crippen LogP contribution in [0.5, 0.6) is 0 Å². The van der Waals surface area contributed by atoms with E-state index < -0.39 is 5.92 Å². The molecule has 0 rings (SSSR count). The average Bonchev–Trinajstić information content (AvgIpc) is 1.91. The molecule has 0 saturated carbocycles. The normalized spacial score (nSPS) is 9.90. The van der Waals surface area contributed by atoms with Crippen LogP contribution >= 0.6 is 0 Å². The zero-order valence-corrected chi connectivity index (χ0v) is 7.70. The fraction of sp³-hybridized carbons (Fsp3) is 0.400. The summed E-state index contributed by atoms with van der Waals surface area (Å²) in [4.78, 5) is 19.5. The van der Waals surface area contributed by atoms with E-state index in [1.54, 1.807) is 6.07 Å². The fourth-order valence-corrected chi connectivity index (χ4v) is 0.299. The third-order valence-corrected chi connectivity index (χ3v) is 0.751. The molecule has 1 N–H and O–H groups in total. The molecule has 0 aromatic carbocycles. The van der Waals surface area contributed by atoms with Crippen LogP contribution in [0.3, 0.4) is 0 Å². The van der Waals surface area contributed by atoms with E-state index in [0.29, 0.717) is 12.7 Å². The molecule has 4 nitrogen and oxygen atoms in total. The number of carbonyl (C=O) groups is 2. The molecule has 0 aromatic rings. The summed E-state index contributed by atoms with van der Waals surface area (Å²) in [6, 6.07) is 1.70. The number of nitrogens with zero attached hydrogens (tertiary/aromatic N) is 1. The Kier molecular flexibility index (Phi) is 10.6. The first-order valence-electron chi connectivity index (χ1n) is 2.37. The Morgan fingerprint density at radius 1 is 1.70 bits per heavy atom. The molecule has 1 amide bonds. The van der Waals surface area contributed by atoms with Crippen molar-refractivity contribution in [2.45, 2.75) is 0 Å². The van der Waals surface area contributed by atoms with E-state index in [4.69, 9.17) is 5.26 Å². The van der Waals surface area contributed by atoms with Crippen LogP contribution in [0.25, 0.3) is 0 Å². The quantitative estimate of drug-likeness (QED) is 0.330. The van der Waals surface area contributed by atoms with Gasteiger partial charge in [0.2, 0.25) is 6.41 Å². The van der Waals surface area contributed by atoms with Gasteiger partial charge in [0.05, 0.1) is 6.07 Å².